The molecule has 7 heteroatoms. The highest BCUT2D eigenvalue weighted by atomic mass is 32.2. The number of carbonyl (C=O) groups is 2. The lowest BCUT2D eigenvalue weighted by Crippen LogP contribution is -2.23. The molecule has 0 unspecified atom stereocenters. The van der Waals surface area contributed by atoms with Crippen LogP contribution in [0.2, 0.25) is 0 Å². The molecule has 6 nitrogen and oxygen atoms in total. The molecule has 1 aromatic carbocycles. The van der Waals surface area contributed by atoms with Gasteiger partial charge in [0.15, 0.2) is 11.5 Å². The molecule has 0 radical (unpaired) electrons. The second-order valence-corrected chi connectivity index (χ2v) is 5.84. The van der Waals surface area contributed by atoms with Gasteiger partial charge in [0.25, 0.3) is 0 Å². The number of nitrogens with zero attached hydrogens (tertiary/aromatic N) is 1. The molecule has 0 saturated carbocycles. The van der Waals surface area contributed by atoms with Crippen molar-refractivity contribution in [3.05, 3.63) is 35.5 Å². The number of hydrogen-bond acceptors (Lipinski definition) is 7. The predicted molar refractivity (Wildman–Crippen MR) is 85.2 cm³/mol. The van der Waals surface area contributed by atoms with E-state index in [2.05, 4.69) is 4.74 Å². The molecule has 2 aliphatic rings. The maximum Gasteiger partial charge on any atom is 0.332 e. The van der Waals surface area contributed by atoms with Gasteiger partial charge in [0.1, 0.15) is 0 Å². The number of hydrogen-bond donors (Lipinski definition) is 0. The van der Waals surface area contributed by atoms with E-state index in [1.54, 1.807) is 30.9 Å². The summed E-state index contributed by atoms with van der Waals surface area (Å²) in [5.41, 5.74) is 1.94. The maximum absolute atomic E-state index is 12.2. The van der Waals surface area contributed by atoms with Gasteiger partial charge < -0.3 is 19.1 Å². The summed E-state index contributed by atoms with van der Waals surface area (Å²) < 4.78 is 15.3. The number of methoxy groups -OCH3 is 3. The Labute approximate surface area is 137 Å². The quantitative estimate of drug-likeness (QED) is 0.619. The molecule has 0 saturated heterocycles. The average Bonchev–Trinajstić information content (AvgIpc) is 2.89. The fraction of sp³-hybridized carbons (Fsp3) is 0.250. The number of benzene rings is 1. The standard InChI is InChI=1S/C16H15NO5S/c1-20-13-4-9-10-5-12(18)11(6-16(19)22-3)17(10)8-23-15(9)7-14(13)21-2/h4-7H,8H2,1-3H3/b11-6-. The minimum absolute atomic E-state index is 0.214. The Hall–Kier alpha value is -2.41. The van der Waals surface area contributed by atoms with Crippen LogP contribution in [0.1, 0.15) is 5.56 Å². The van der Waals surface area contributed by atoms with Gasteiger partial charge in [0.2, 0.25) is 5.78 Å². The van der Waals surface area contributed by atoms with Gasteiger partial charge in [-0.05, 0) is 12.1 Å². The lowest BCUT2D eigenvalue weighted by atomic mass is 10.1. The van der Waals surface area contributed by atoms with Crippen molar-refractivity contribution in [2.45, 2.75) is 4.90 Å². The Morgan fingerprint density at radius 2 is 1.91 bits per heavy atom. The highest BCUT2D eigenvalue weighted by Crippen LogP contribution is 2.46. The van der Waals surface area contributed by atoms with Crippen molar-refractivity contribution < 1.29 is 23.8 Å². The van der Waals surface area contributed by atoms with Crippen molar-refractivity contribution >= 4 is 29.2 Å². The van der Waals surface area contributed by atoms with E-state index in [0.29, 0.717) is 23.1 Å². The van der Waals surface area contributed by atoms with Crippen molar-refractivity contribution in [1.82, 2.24) is 4.90 Å². The molecule has 0 fully saturated rings. The zero-order chi connectivity index (χ0) is 16.6. The number of carbonyl (C=O) groups excluding carboxylic acids is 2. The number of ether oxygens (including phenoxy) is 3. The van der Waals surface area contributed by atoms with Crippen LogP contribution < -0.4 is 9.47 Å². The Bertz CT molecular complexity index is 753. The number of allylic oxidation sites excluding steroid dienone is 1. The molecule has 2 aliphatic heterocycles. The molecule has 0 aromatic heterocycles. The molecule has 0 aliphatic carbocycles. The number of ketones is 1. The first-order valence-corrected chi connectivity index (χ1v) is 7.80. The molecule has 0 amide bonds. The first kappa shape index (κ1) is 15.5. The summed E-state index contributed by atoms with van der Waals surface area (Å²) in [6.07, 6.45) is 2.75. The highest BCUT2D eigenvalue weighted by molar-refractivity contribution is 7.99. The normalized spacial score (nSPS) is 17.5. The molecular weight excluding hydrogens is 318 g/mol. The summed E-state index contributed by atoms with van der Waals surface area (Å²) in [5, 5.41) is 0. The highest BCUT2D eigenvalue weighted by Gasteiger charge is 2.34. The van der Waals surface area contributed by atoms with Gasteiger partial charge in [-0.25, -0.2) is 4.79 Å². The lowest BCUT2D eigenvalue weighted by Gasteiger charge is -2.29. The van der Waals surface area contributed by atoms with Gasteiger partial charge >= 0.3 is 5.97 Å². The van der Waals surface area contributed by atoms with Crippen molar-refractivity contribution in [3.63, 3.8) is 0 Å². The van der Waals surface area contributed by atoms with Gasteiger partial charge in [-0.15, -0.1) is 11.8 Å². The third kappa shape index (κ3) is 2.57. The van der Waals surface area contributed by atoms with Crippen molar-refractivity contribution in [2.24, 2.45) is 0 Å². The second-order valence-electron chi connectivity index (χ2n) is 4.85. The topological polar surface area (TPSA) is 65.1 Å². The largest absolute Gasteiger partial charge is 0.493 e. The zero-order valence-electron chi connectivity index (χ0n) is 12.9. The Balaban J connectivity index is 2.06. The van der Waals surface area contributed by atoms with E-state index >= 15 is 0 Å². The van der Waals surface area contributed by atoms with Crippen LogP contribution >= 0.6 is 11.8 Å². The van der Waals surface area contributed by atoms with Crippen molar-refractivity contribution in [2.75, 3.05) is 27.2 Å². The third-order valence-electron chi connectivity index (χ3n) is 3.67. The third-order valence-corrected chi connectivity index (χ3v) is 4.70. The van der Waals surface area contributed by atoms with Crippen LogP contribution in [0, 0.1) is 0 Å². The Morgan fingerprint density at radius 1 is 1.22 bits per heavy atom. The Morgan fingerprint density at radius 3 is 2.57 bits per heavy atom. The van der Waals surface area contributed by atoms with Crippen LogP contribution in [-0.4, -0.2) is 43.9 Å². The van der Waals surface area contributed by atoms with E-state index in [0.717, 1.165) is 16.2 Å². The van der Waals surface area contributed by atoms with E-state index < -0.39 is 5.97 Å². The van der Waals surface area contributed by atoms with E-state index in [1.165, 1.54) is 19.3 Å². The van der Waals surface area contributed by atoms with Crippen LogP contribution in [0.5, 0.6) is 11.5 Å². The van der Waals surface area contributed by atoms with Gasteiger partial charge in [-0.2, -0.15) is 0 Å². The molecule has 0 N–H and O–H groups in total. The monoisotopic (exact) mass is 333 g/mol. The SMILES string of the molecule is COC(=O)/C=C1/C(=O)C=C2c3cc(OC)c(OC)cc3SCN21. The molecule has 23 heavy (non-hydrogen) atoms. The fourth-order valence-electron chi connectivity index (χ4n) is 2.53. The Kier molecular flexibility index (Phi) is 4.04. The molecule has 0 bridgehead atoms. The van der Waals surface area contributed by atoms with Gasteiger partial charge in [0, 0.05) is 16.5 Å². The number of fused-ring (bicyclic) bond motifs is 3. The van der Waals surface area contributed by atoms with Crippen LogP contribution in [0.25, 0.3) is 5.70 Å². The first-order chi connectivity index (χ1) is 11.1. The maximum atomic E-state index is 12.2. The van der Waals surface area contributed by atoms with Crippen LogP contribution in [0.15, 0.2) is 34.9 Å². The minimum Gasteiger partial charge on any atom is -0.493 e. The second kappa shape index (κ2) is 6.00. The lowest BCUT2D eigenvalue weighted by molar-refractivity contribution is -0.135. The molecule has 2 heterocycles. The van der Waals surface area contributed by atoms with E-state index in [-0.39, 0.29) is 5.78 Å². The first-order valence-electron chi connectivity index (χ1n) is 6.81. The average molecular weight is 333 g/mol. The molecule has 3 rings (SSSR count). The van der Waals surface area contributed by atoms with Crippen molar-refractivity contribution in [3.8, 4) is 11.5 Å². The predicted octanol–water partition coefficient (Wildman–Crippen LogP) is 2.05. The van der Waals surface area contributed by atoms with Crippen LogP contribution in [0.4, 0.5) is 0 Å². The zero-order valence-corrected chi connectivity index (χ0v) is 13.7. The van der Waals surface area contributed by atoms with Gasteiger partial charge in [0.05, 0.1) is 44.7 Å². The number of thioether (sulfide) groups is 1. The summed E-state index contributed by atoms with van der Waals surface area (Å²) in [4.78, 5) is 26.5. The summed E-state index contributed by atoms with van der Waals surface area (Å²) in [6, 6.07) is 3.73. The number of rotatable bonds is 3. The molecular formula is C16H15NO5S. The van der Waals surface area contributed by atoms with E-state index in [4.69, 9.17) is 9.47 Å². The summed E-state index contributed by atoms with van der Waals surface area (Å²) in [7, 11) is 4.43. The smallest absolute Gasteiger partial charge is 0.332 e. The van der Waals surface area contributed by atoms with Gasteiger partial charge in [-0.1, -0.05) is 0 Å². The summed E-state index contributed by atoms with van der Waals surface area (Å²) >= 11 is 1.56. The molecule has 120 valence electrons. The van der Waals surface area contributed by atoms with Crippen LogP contribution in [0.3, 0.4) is 0 Å². The fourth-order valence-corrected chi connectivity index (χ4v) is 3.59. The molecule has 1 aromatic rings. The van der Waals surface area contributed by atoms with Gasteiger partial charge in [-0.3, -0.25) is 4.79 Å². The van der Waals surface area contributed by atoms with Crippen molar-refractivity contribution in [1.29, 1.82) is 0 Å². The molecule has 0 spiro atoms. The van der Waals surface area contributed by atoms with Crippen LogP contribution in [-0.2, 0) is 14.3 Å². The number of esters is 1. The summed E-state index contributed by atoms with van der Waals surface area (Å²) in [6.45, 7) is 0. The minimum atomic E-state index is -0.550. The summed E-state index contributed by atoms with van der Waals surface area (Å²) in [5.74, 6) is 0.998. The molecule has 0 atom stereocenters. The van der Waals surface area contributed by atoms with E-state index in [9.17, 15) is 9.59 Å². The van der Waals surface area contributed by atoms with E-state index in [1.807, 2.05) is 12.1 Å².